The number of aromatic nitrogens is 3. The number of hydrogen-bond donors (Lipinski definition) is 3. The molecule has 0 spiro atoms. The van der Waals surface area contributed by atoms with Gasteiger partial charge in [0.25, 0.3) is 0 Å². The number of nitrogens with zero attached hydrogens (tertiary/aromatic N) is 4. The van der Waals surface area contributed by atoms with E-state index in [0.717, 1.165) is 13.1 Å². The molecule has 94 valence electrons. The Hall–Kier alpha value is -1.45. The van der Waals surface area contributed by atoms with Crippen LogP contribution in [0.15, 0.2) is 0 Å². The molecule has 0 bridgehead atoms. The summed E-state index contributed by atoms with van der Waals surface area (Å²) in [5.74, 6) is 6.27. The Kier molecular flexibility index (Phi) is 3.71. The maximum atomic E-state index is 5.75. The van der Waals surface area contributed by atoms with E-state index in [1.165, 1.54) is 0 Å². The van der Waals surface area contributed by atoms with Crippen molar-refractivity contribution >= 4 is 29.1 Å². The number of anilines is 2. The SMILES string of the molecule is NNC(=S)Cn1c(N)nnc1N1CCOCC1. The van der Waals surface area contributed by atoms with Gasteiger partial charge in [-0.2, -0.15) is 0 Å². The quantitative estimate of drug-likeness (QED) is 0.341. The zero-order chi connectivity index (χ0) is 12.3. The molecule has 0 aliphatic carbocycles. The van der Waals surface area contributed by atoms with Crippen molar-refractivity contribution in [3.63, 3.8) is 0 Å². The second kappa shape index (κ2) is 5.25. The smallest absolute Gasteiger partial charge is 0.229 e. The molecule has 2 rings (SSSR count). The van der Waals surface area contributed by atoms with E-state index in [4.69, 9.17) is 28.5 Å². The van der Waals surface area contributed by atoms with Gasteiger partial charge in [-0.25, -0.2) is 5.84 Å². The van der Waals surface area contributed by atoms with Crippen LogP contribution in [-0.2, 0) is 11.3 Å². The van der Waals surface area contributed by atoms with E-state index in [0.29, 0.717) is 36.6 Å². The Morgan fingerprint density at radius 2 is 2.12 bits per heavy atom. The zero-order valence-electron chi connectivity index (χ0n) is 9.30. The molecule has 1 aromatic heterocycles. The number of thiocarbonyl (C=S) groups is 1. The average Bonchev–Trinajstić information content (AvgIpc) is 2.72. The second-order valence-corrected chi connectivity index (χ2v) is 4.10. The van der Waals surface area contributed by atoms with Gasteiger partial charge in [0, 0.05) is 13.1 Å². The highest BCUT2D eigenvalue weighted by atomic mass is 32.1. The van der Waals surface area contributed by atoms with Crippen LogP contribution in [0.2, 0.25) is 0 Å². The Morgan fingerprint density at radius 3 is 2.76 bits per heavy atom. The molecule has 0 atom stereocenters. The van der Waals surface area contributed by atoms with Gasteiger partial charge in [-0.15, -0.1) is 10.2 Å². The van der Waals surface area contributed by atoms with Crippen LogP contribution in [0, 0.1) is 0 Å². The summed E-state index contributed by atoms with van der Waals surface area (Å²) in [6.45, 7) is 3.25. The lowest BCUT2D eigenvalue weighted by Gasteiger charge is -2.27. The van der Waals surface area contributed by atoms with Gasteiger partial charge < -0.3 is 20.8 Å². The fraction of sp³-hybridized carbons (Fsp3) is 0.625. The van der Waals surface area contributed by atoms with Gasteiger partial charge in [-0.1, -0.05) is 12.2 Å². The van der Waals surface area contributed by atoms with Gasteiger partial charge in [0.05, 0.1) is 19.8 Å². The molecule has 0 radical (unpaired) electrons. The van der Waals surface area contributed by atoms with Gasteiger partial charge >= 0.3 is 0 Å². The number of hydrogen-bond acceptors (Lipinski definition) is 7. The van der Waals surface area contributed by atoms with Crippen molar-refractivity contribution in [1.82, 2.24) is 20.2 Å². The monoisotopic (exact) mass is 257 g/mol. The van der Waals surface area contributed by atoms with Crippen LogP contribution in [0.4, 0.5) is 11.9 Å². The first-order chi connectivity index (χ1) is 8.22. The standard InChI is InChI=1S/C8H15N7OS/c9-7-12-13-8(14-1-3-16-4-2-14)15(7)5-6(17)11-10/h1-5,10H2,(H2,9,12)(H,11,17). The third-order valence-corrected chi connectivity index (χ3v) is 2.76. The van der Waals surface area contributed by atoms with Crippen LogP contribution in [0.25, 0.3) is 0 Å². The number of hydrazine groups is 1. The minimum absolute atomic E-state index is 0.323. The first-order valence-electron chi connectivity index (χ1n) is 5.23. The van der Waals surface area contributed by atoms with E-state index in [1.54, 1.807) is 4.57 Å². The lowest BCUT2D eigenvalue weighted by molar-refractivity contribution is 0.121. The predicted octanol–water partition coefficient (Wildman–Crippen LogP) is -1.51. The molecule has 0 unspecified atom stereocenters. The van der Waals surface area contributed by atoms with E-state index >= 15 is 0 Å². The lowest BCUT2D eigenvalue weighted by Crippen LogP contribution is -2.39. The number of rotatable bonds is 3. The topological polar surface area (TPSA) is 107 Å². The van der Waals surface area contributed by atoms with Gasteiger partial charge in [0.2, 0.25) is 11.9 Å². The molecule has 1 fully saturated rings. The molecule has 17 heavy (non-hydrogen) atoms. The van der Waals surface area contributed by atoms with Crippen molar-refractivity contribution in [2.24, 2.45) is 5.84 Å². The van der Waals surface area contributed by atoms with E-state index < -0.39 is 0 Å². The summed E-state index contributed by atoms with van der Waals surface area (Å²) >= 11 is 5.01. The van der Waals surface area contributed by atoms with Crippen molar-refractivity contribution in [3.05, 3.63) is 0 Å². The Balaban J connectivity index is 2.18. The van der Waals surface area contributed by atoms with E-state index in [9.17, 15) is 0 Å². The largest absolute Gasteiger partial charge is 0.378 e. The molecule has 0 amide bonds. The molecule has 5 N–H and O–H groups in total. The molecule has 9 heteroatoms. The van der Waals surface area contributed by atoms with E-state index in [-0.39, 0.29) is 0 Å². The fourth-order valence-corrected chi connectivity index (χ4v) is 1.77. The molecule has 8 nitrogen and oxygen atoms in total. The highest BCUT2D eigenvalue weighted by molar-refractivity contribution is 7.80. The summed E-state index contributed by atoms with van der Waals surface area (Å²) in [7, 11) is 0. The van der Waals surface area contributed by atoms with E-state index in [1.807, 2.05) is 0 Å². The Bertz CT molecular complexity index is 401. The number of nitrogen functional groups attached to an aromatic ring is 1. The van der Waals surface area contributed by atoms with Crippen LogP contribution in [-0.4, -0.2) is 46.1 Å². The van der Waals surface area contributed by atoms with Crippen LogP contribution >= 0.6 is 12.2 Å². The number of nitrogens with one attached hydrogen (secondary N) is 1. The van der Waals surface area contributed by atoms with Crippen molar-refractivity contribution < 1.29 is 4.74 Å². The van der Waals surface area contributed by atoms with E-state index in [2.05, 4.69) is 20.5 Å². The van der Waals surface area contributed by atoms with Crippen molar-refractivity contribution in [2.75, 3.05) is 36.9 Å². The third kappa shape index (κ3) is 2.62. The first-order valence-corrected chi connectivity index (χ1v) is 5.64. The van der Waals surface area contributed by atoms with Crippen LogP contribution in [0.1, 0.15) is 0 Å². The zero-order valence-corrected chi connectivity index (χ0v) is 10.1. The molecule has 0 saturated carbocycles. The number of morpholine rings is 1. The van der Waals surface area contributed by atoms with Crippen LogP contribution in [0.5, 0.6) is 0 Å². The summed E-state index contributed by atoms with van der Waals surface area (Å²) in [5, 5.41) is 7.92. The minimum atomic E-state index is 0.323. The Morgan fingerprint density at radius 1 is 1.41 bits per heavy atom. The minimum Gasteiger partial charge on any atom is -0.378 e. The molecule has 1 aromatic rings. The molecule has 1 aliphatic heterocycles. The molecule has 1 saturated heterocycles. The van der Waals surface area contributed by atoms with Gasteiger partial charge in [0.1, 0.15) is 4.99 Å². The lowest BCUT2D eigenvalue weighted by atomic mass is 10.4. The Labute approximate surface area is 104 Å². The maximum absolute atomic E-state index is 5.75. The summed E-state index contributed by atoms with van der Waals surface area (Å²) in [6, 6.07) is 0. The molecular weight excluding hydrogens is 242 g/mol. The predicted molar refractivity (Wildman–Crippen MR) is 67.4 cm³/mol. The highest BCUT2D eigenvalue weighted by Crippen LogP contribution is 2.16. The van der Waals surface area contributed by atoms with Gasteiger partial charge in [0.15, 0.2) is 0 Å². The molecule has 2 heterocycles. The van der Waals surface area contributed by atoms with Gasteiger partial charge in [-0.05, 0) is 0 Å². The molecular formula is C8H15N7OS. The summed E-state index contributed by atoms with van der Waals surface area (Å²) in [5.41, 5.74) is 8.17. The highest BCUT2D eigenvalue weighted by Gasteiger charge is 2.19. The second-order valence-electron chi connectivity index (χ2n) is 3.61. The first kappa shape index (κ1) is 12.0. The van der Waals surface area contributed by atoms with Crippen LogP contribution < -0.4 is 21.9 Å². The summed E-state index contributed by atoms with van der Waals surface area (Å²) in [6.07, 6.45) is 0. The number of ether oxygens (including phenoxy) is 1. The normalized spacial score (nSPS) is 15.9. The van der Waals surface area contributed by atoms with Crippen molar-refractivity contribution in [1.29, 1.82) is 0 Å². The van der Waals surface area contributed by atoms with Crippen molar-refractivity contribution in [2.45, 2.75) is 6.54 Å². The maximum Gasteiger partial charge on any atom is 0.229 e. The average molecular weight is 257 g/mol. The van der Waals surface area contributed by atoms with Crippen molar-refractivity contribution in [3.8, 4) is 0 Å². The fourth-order valence-electron chi connectivity index (χ4n) is 1.64. The summed E-state index contributed by atoms with van der Waals surface area (Å²) < 4.78 is 7.01. The van der Waals surface area contributed by atoms with Gasteiger partial charge in [-0.3, -0.25) is 4.57 Å². The number of nitrogens with two attached hydrogens (primary N) is 2. The molecule has 1 aliphatic rings. The third-order valence-electron chi connectivity index (χ3n) is 2.52. The molecule has 0 aromatic carbocycles. The van der Waals surface area contributed by atoms with Crippen LogP contribution in [0.3, 0.4) is 0 Å². The summed E-state index contributed by atoms with van der Waals surface area (Å²) in [4.78, 5) is 2.54.